The Balaban J connectivity index is 1.35. The third-order valence-electron chi connectivity index (χ3n) is 12.0. The molecule has 8 rings (SSSR count). The lowest BCUT2D eigenvalue weighted by molar-refractivity contribution is 0.363. The van der Waals surface area contributed by atoms with Crippen LogP contribution in [0.4, 0.5) is 0 Å². The van der Waals surface area contributed by atoms with Gasteiger partial charge in [-0.05, 0) is 126 Å². The summed E-state index contributed by atoms with van der Waals surface area (Å²) in [6.45, 7) is 24.8. The van der Waals surface area contributed by atoms with Crippen LogP contribution in [0.25, 0.3) is 33.4 Å². The molecule has 0 spiro atoms. The minimum atomic E-state index is -0.602. The second kappa shape index (κ2) is 13.6. The molecular formula is C53H52O2. The highest BCUT2D eigenvalue weighted by Crippen LogP contribution is 2.58. The molecule has 0 aromatic heterocycles. The van der Waals surface area contributed by atoms with Crippen LogP contribution < -0.4 is 9.47 Å². The van der Waals surface area contributed by atoms with Gasteiger partial charge in [-0.2, -0.15) is 0 Å². The van der Waals surface area contributed by atoms with E-state index in [-0.39, 0.29) is 10.8 Å². The molecule has 0 saturated carbocycles. The lowest BCUT2D eigenvalue weighted by Crippen LogP contribution is -2.29. The normalized spacial score (nSPS) is 14.5. The molecule has 0 bridgehead atoms. The van der Waals surface area contributed by atoms with Crippen molar-refractivity contribution in [3.8, 4) is 44.9 Å². The zero-order valence-electron chi connectivity index (χ0n) is 33.4. The first-order valence-electron chi connectivity index (χ1n) is 19.7. The van der Waals surface area contributed by atoms with Gasteiger partial charge >= 0.3 is 0 Å². The summed E-state index contributed by atoms with van der Waals surface area (Å²) < 4.78 is 12.0. The number of hydrogen-bond acceptors (Lipinski definition) is 2. The van der Waals surface area contributed by atoms with Gasteiger partial charge in [0.2, 0.25) is 0 Å². The largest absolute Gasteiger partial charge is 0.490 e. The maximum atomic E-state index is 6.00. The first-order valence-corrected chi connectivity index (χ1v) is 19.7. The van der Waals surface area contributed by atoms with Crippen LogP contribution in [0.15, 0.2) is 147 Å². The topological polar surface area (TPSA) is 18.5 Å². The van der Waals surface area contributed by atoms with E-state index >= 15 is 0 Å². The monoisotopic (exact) mass is 720 g/mol. The van der Waals surface area contributed by atoms with Crippen molar-refractivity contribution in [1.82, 2.24) is 0 Å². The zero-order chi connectivity index (χ0) is 38.7. The summed E-state index contributed by atoms with van der Waals surface area (Å²) in [6, 6.07) is 45.8. The van der Waals surface area contributed by atoms with Crippen LogP contribution in [-0.4, -0.2) is 13.2 Å². The van der Waals surface area contributed by atoms with Gasteiger partial charge in [-0.3, -0.25) is 0 Å². The van der Waals surface area contributed by atoms with E-state index in [2.05, 4.69) is 183 Å². The van der Waals surface area contributed by atoms with Gasteiger partial charge < -0.3 is 9.47 Å². The fraction of sp³-hybridized carbons (Fsp3) is 0.245. The highest BCUT2D eigenvalue weighted by atomic mass is 16.5. The molecule has 0 saturated heterocycles. The molecule has 0 unspecified atom stereocenters. The van der Waals surface area contributed by atoms with Crippen molar-refractivity contribution >= 4 is 0 Å². The Labute approximate surface area is 328 Å². The Morgan fingerprint density at radius 3 is 1.47 bits per heavy atom. The molecule has 2 aliphatic rings. The molecule has 0 amide bonds. The SMILES string of the molecule is C=CCOc1ccc(C2(c3ccc(OCC=C)cc3)c3cc(-c4ccc5c(c4)C(C)(C)c4cc(C(C)C)ccc4-5)ccc3-c3ccc(C(C)(C)C)cc32)cc1. The molecule has 0 radical (unpaired) electrons. The van der Waals surface area contributed by atoms with Crippen LogP contribution in [-0.2, 0) is 16.2 Å². The number of ether oxygens (including phenoxy) is 2. The predicted molar refractivity (Wildman–Crippen MR) is 231 cm³/mol. The fourth-order valence-corrected chi connectivity index (χ4v) is 8.97. The summed E-state index contributed by atoms with van der Waals surface area (Å²) in [4.78, 5) is 0. The second-order valence-corrected chi connectivity index (χ2v) is 17.1. The van der Waals surface area contributed by atoms with Crippen molar-refractivity contribution in [3.63, 3.8) is 0 Å². The van der Waals surface area contributed by atoms with E-state index in [1.807, 2.05) is 0 Å². The zero-order valence-corrected chi connectivity index (χ0v) is 33.4. The van der Waals surface area contributed by atoms with Crippen LogP contribution >= 0.6 is 0 Å². The van der Waals surface area contributed by atoms with E-state index < -0.39 is 5.41 Å². The van der Waals surface area contributed by atoms with Gasteiger partial charge in [0.05, 0.1) is 5.41 Å². The van der Waals surface area contributed by atoms with E-state index in [0.29, 0.717) is 19.1 Å². The fourth-order valence-electron chi connectivity index (χ4n) is 8.97. The molecule has 0 aliphatic heterocycles. The molecule has 55 heavy (non-hydrogen) atoms. The minimum Gasteiger partial charge on any atom is -0.490 e. The van der Waals surface area contributed by atoms with E-state index in [4.69, 9.17) is 9.47 Å². The Morgan fingerprint density at radius 1 is 0.545 bits per heavy atom. The highest BCUT2D eigenvalue weighted by Gasteiger charge is 2.47. The first kappa shape index (κ1) is 36.4. The van der Waals surface area contributed by atoms with E-state index in [9.17, 15) is 0 Å². The molecule has 0 fully saturated rings. The number of hydrogen-bond donors (Lipinski definition) is 0. The van der Waals surface area contributed by atoms with Crippen LogP contribution in [0.2, 0.25) is 0 Å². The van der Waals surface area contributed by atoms with Crippen LogP contribution in [0.3, 0.4) is 0 Å². The van der Waals surface area contributed by atoms with Crippen LogP contribution in [0.5, 0.6) is 11.5 Å². The average molecular weight is 721 g/mol. The van der Waals surface area contributed by atoms with Gasteiger partial charge in [-0.15, -0.1) is 0 Å². The van der Waals surface area contributed by atoms with Crippen LogP contribution in [0.1, 0.15) is 98.9 Å². The Kier molecular flexibility index (Phi) is 9.00. The van der Waals surface area contributed by atoms with Gasteiger partial charge in [0, 0.05) is 5.41 Å². The van der Waals surface area contributed by atoms with Gasteiger partial charge in [0.1, 0.15) is 24.7 Å². The molecule has 0 atom stereocenters. The predicted octanol–water partition coefficient (Wildman–Crippen LogP) is 13.6. The molecule has 2 aliphatic carbocycles. The minimum absolute atomic E-state index is 0.0315. The van der Waals surface area contributed by atoms with Gasteiger partial charge in [0.15, 0.2) is 0 Å². The van der Waals surface area contributed by atoms with E-state index in [1.54, 1.807) is 12.2 Å². The summed E-state index contributed by atoms with van der Waals surface area (Å²) in [6.07, 6.45) is 3.57. The van der Waals surface area contributed by atoms with Crippen molar-refractivity contribution in [3.05, 3.63) is 191 Å². The van der Waals surface area contributed by atoms with Crippen molar-refractivity contribution in [1.29, 1.82) is 0 Å². The summed E-state index contributed by atoms with van der Waals surface area (Å²) in [5.74, 6) is 2.14. The maximum absolute atomic E-state index is 6.00. The van der Waals surface area contributed by atoms with Gasteiger partial charge in [-0.1, -0.05) is 159 Å². The highest BCUT2D eigenvalue weighted by molar-refractivity contribution is 5.90. The number of benzene rings is 6. The Hall–Kier alpha value is -5.60. The summed E-state index contributed by atoms with van der Waals surface area (Å²) in [5, 5.41) is 0. The molecule has 6 aromatic rings. The van der Waals surface area contributed by atoms with Crippen molar-refractivity contribution in [2.75, 3.05) is 13.2 Å². The molecule has 0 heterocycles. The quantitative estimate of drug-likeness (QED) is 0.131. The van der Waals surface area contributed by atoms with Crippen molar-refractivity contribution in [2.24, 2.45) is 0 Å². The Morgan fingerprint density at radius 2 is 0.982 bits per heavy atom. The summed E-state index contributed by atoms with van der Waals surface area (Å²) in [5.41, 5.74) is 17.4. The smallest absolute Gasteiger partial charge is 0.119 e. The van der Waals surface area contributed by atoms with Gasteiger partial charge in [0.25, 0.3) is 0 Å². The molecular weight excluding hydrogens is 669 g/mol. The third-order valence-corrected chi connectivity index (χ3v) is 12.0. The van der Waals surface area contributed by atoms with Crippen LogP contribution in [0, 0.1) is 0 Å². The molecule has 6 aromatic carbocycles. The third kappa shape index (κ3) is 5.94. The molecule has 276 valence electrons. The van der Waals surface area contributed by atoms with E-state index in [0.717, 1.165) is 11.5 Å². The maximum Gasteiger partial charge on any atom is 0.119 e. The van der Waals surface area contributed by atoms with E-state index in [1.165, 1.54) is 77.9 Å². The second-order valence-electron chi connectivity index (χ2n) is 17.1. The van der Waals surface area contributed by atoms with Crippen molar-refractivity contribution < 1.29 is 9.47 Å². The Bertz CT molecular complexity index is 2380. The average Bonchev–Trinajstić information content (AvgIpc) is 3.60. The summed E-state index contributed by atoms with van der Waals surface area (Å²) >= 11 is 0. The number of fused-ring (bicyclic) bond motifs is 6. The van der Waals surface area contributed by atoms with Gasteiger partial charge in [-0.25, -0.2) is 0 Å². The lowest BCUT2D eigenvalue weighted by Gasteiger charge is -2.35. The van der Waals surface area contributed by atoms with Crippen molar-refractivity contribution in [2.45, 2.75) is 70.6 Å². The molecule has 2 nitrogen and oxygen atoms in total. The number of rotatable bonds is 10. The standard InChI is InChI=1S/C53H52O2/c1-10-28-54-41-20-15-38(16-21-41)53(39-17-22-42(23-18-39)55-29-11-2)49-32-37(14-26-45(49)46-27-19-40(33-50(46)53)51(5,6)7)36-13-25-44-43-24-12-35(34(3)4)30-47(43)52(8,9)48(44)31-36/h10-27,30-34H,1-2,28-29H2,3-9H3. The molecule has 0 N–H and O–H groups in total. The lowest BCUT2D eigenvalue weighted by atomic mass is 9.66. The first-order chi connectivity index (χ1) is 26.4. The summed E-state index contributed by atoms with van der Waals surface area (Å²) in [7, 11) is 0. The molecule has 2 heteroatoms.